The van der Waals surface area contributed by atoms with Crippen molar-refractivity contribution in [3.05, 3.63) is 18.2 Å². The zero-order valence-corrected chi connectivity index (χ0v) is 13.4. The number of nitrogens with one attached hydrogen (secondary N) is 1. The maximum absolute atomic E-state index is 11.6. The summed E-state index contributed by atoms with van der Waals surface area (Å²) in [5.41, 5.74) is 0.513. The molecule has 1 unspecified atom stereocenters. The summed E-state index contributed by atoms with van der Waals surface area (Å²) in [4.78, 5) is 15.8. The van der Waals surface area contributed by atoms with Crippen molar-refractivity contribution in [2.75, 3.05) is 0 Å². The smallest absolute Gasteiger partial charge is 0.407 e. The number of rotatable bonds is 5. The van der Waals surface area contributed by atoms with E-state index in [0.29, 0.717) is 18.5 Å². The summed E-state index contributed by atoms with van der Waals surface area (Å²) in [6.45, 7) is 12.5. The van der Waals surface area contributed by atoms with Gasteiger partial charge in [0.1, 0.15) is 5.60 Å². The summed E-state index contributed by atoms with van der Waals surface area (Å²) < 4.78 is 7.33. The Morgan fingerprint density at radius 2 is 2.05 bits per heavy atom. The van der Waals surface area contributed by atoms with Crippen LogP contribution >= 0.6 is 0 Å². The number of hydrogen-bond acceptors (Lipinski definition) is 3. The van der Waals surface area contributed by atoms with Crippen LogP contribution < -0.4 is 5.32 Å². The highest BCUT2D eigenvalue weighted by atomic mass is 16.6. The minimum atomic E-state index is -0.477. The highest BCUT2D eigenvalue weighted by Crippen LogP contribution is 2.18. The van der Waals surface area contributed by atoms with Gasteiger partial charge in [0, 0.05) is 12.2 Å². The minimum Gasteiger partial charge on any atom is -0.444 e. The fourth-order valence-electron chi connectivity index (χ4n) is 2.14. The van der Waals surface area contributed by atoms with Crippen LogP contribution in [0.2, 0.25) is 0 Å². The van der Waals surface area contributed by atoms with E-state index in [2.05, 4.69) is 35.6 Å². The lowest BCUT2D eigenvalue weighted by molar-refractivity contribution is 0.0522. The first-order valence-corrected chi connectivity index (χ1v) is 7.16. The van der Waals surface area contributed by atoms with Crippen LogP contribution in [0.3, 0.4) is 0 Å². The summed E-state index contributed by atoms with van der Waals surface area (Å²) >= 11 is 0. The molecule has 0 fully saturated rings. The number of hydrogen-bond donors (Lipinski definition) is 1. The standard InChI is InChI=1S/C15H27N3O2/c1-11(2)7-12(3)18-10-16-8-13(18)9-17-14(19)20-15(4,5)6/h8,10-12H,7,9H2,1-6H3,(H,17,19). The fourth-order valence-corrected chi connectivity index (χ4v) is 2.14. The van der Waals surface area contributed by atoms with Crippen LogP contribution in [-0.2, 0) is 11.3 Å². The van der Waals surface area contributed by atoms with E-state index < -0.39 is 11.7 Å². The van der Waals surface area contributed by atoms with Gasteiger partial charge < -0.3 is 14.6 Å². The summed E-state index contributed by atoms with van der Waals surface area (Å²) in [5, 5.41) is 2.77. The van der Waals surface area contributed by atoms with Crippen LogP contribution in [0.1, 0.15) is 59.7 Å². The van der Waals surface area contributed by atoms with Gasteiger partial charge in [-0.25, -0.2) is 9.78 Å². The molecule has 1 aromatic heterocycles. The first-order valence-electron chi connectivity index (χ1n) is 7.16. The average molecular weight is 281 g/mol. The molecule has 0 saturated carbocycles. The predicted octanol–water partition coefficient (Wildman–Crippen LogP) is 3.51. The van der Waals surface area contributed by atoms with Gasteiger partial charge in [-0.3, -0.25) is 0 Å². The molecular formula is C15H27N3O2. The van der Waals surface area contributed by atoms with Gasteiger partial charge in [-0.2, -0.15) is 0 Å². The van der Waals surface area contributed by atoms with E-state index in [1.54, 1.807) is 6.20 Å². The number of carbonyl (C=O) groups is 1. The summed E-state index contributed by atoms with van der Waals surface area (Å²) in [6.07, 6.45) is 4.28. The van der Waals surface area contributed by atoms with Gasteiger partial charge in [0.05, 0.1) is 18.6 Å². The van der Waals surface area contributed by atoms with Crippen LogP contribution in [0.4, 0.5) is 4.79 Å². The molecule has 1 atom stereocenters. The van der Waals surface area contributed by atoms with Crippen LogP contribution in [0.5, 0.6) is 0 Å². The molecule has 114 valence electrons. The van der Waals surface area contributed by atoms with Gasteiger partial charge in [0.15, 0.2) is 0 Å². The van der Waals surface area contributed by atoms with E-state index in [1.165, 1.54) is 0 Å². The molecule has 0 spiro atoms. The molecule has 0 bridgehead atoms. The van der Waals surface area contributed by atoms with E-state index in [1.807, 2.05) is 27.1 Å². The molecule has 5 nitrogen and oxygen atoms in total. The number of carbonyl (C=O) groups excluding carboxylic acids is 1. The van der Waals surface area contributed by atoms with Gasteiger partial charge in [-0.05, 0) is 40.0 Å². The topological polar surface area (TPSA) is 56.2 Å². The van der Waals surface area contributed by atoms with Crippen molar-refractivity contribution in [1.82, 2.24) is 14.9 Å². The first kappa shape index (κ1) is 16.5. The molecule has 1 aromatic rings. The molecule has 0 aromatic carbocycles. The normalized spacial score (nSPS) is 13.3. The summed E-state index contributed by atoms with van der Waals surface area (Å²) in [7, 11) is 0. The number of alkyl carbamates (subject to hydrolysis) is 1. The number of ether oxygens (including phenoxy) is 1. The van der Waals surface area contributed by atoms with Crippen molar-refractivity contribution in [1.29, 1.82) is 0 Å². The Labute approximate surface area is 121 Å². The first-order chi connectivity index (χ1) is 9.19. The minimum absolute atomic E-state index is 0.368. The summed E-state index contributed by atoms with van der Waals surface area (Å²) in [6, 6.07) is 0.368. The second kappa shape index (κ2) is 6.77. The van der Waals surface area contributed by atoms with Crippen molar-refractivity contribution in [3.8, 4) is 0 Å². The van der Waals surface area contributed by atoms with E-state index in [9.17, 15) is 4.79 Å². The molecule has 0 aliphatic rings. The molecule has 20 heavy (non-hydrogen) atoms. The Morgan fingerprint density at radius 3 is 2.60 bits per heavy atom. The molecule has 1 amide bonds. The third-order valence-electron chi connectivity index (χ3n) is 2.85. The van der Waals surface area contributed by atoms with Crippen molar-refractivity contribution in [3.63, 3.8) is 0 Å². The van der Waals surface area contributed by atoms with Crippen molar-refractivity contribution in [2.24, 2.45) is 5.92 Å². The maximum Gasteiger partial charge on any atom is 0.407 e. The van der Waals surface area contributed by atoms with E-state index in [4.69, 9.17) is 4.74 Å². The molecule has 5 heteroatoms. The number of amides is 1. The third kappa shape index (κ3) is 5.63. The van der Waals surface area contributed by atoms with Gasteiger partial charge in [0.25, 0.3) is 0 Å². The van der Waals surface area contributed by atoms with Gasteiger partial charge in [-0.1, -0.05) is 13.8 Å². The maximum atomic E-state index is 11.6. The molecule has 1 rings (SSSR count). The van der Waals surface area contributed by atoms with E-state index in [0.717, 1.165) is 12.1 Å². The second-order valence-corrected chi connectivity index (χ2v) is 6.63. The lowest BCUT2D eigenvalue weighted by Gasteiger charge is -2.21. The molecule has 0 radical (unpaired) electrons. The van der Waals surface area contributed by atoms with Crippen LogP contribution in [-0.4, -0.2) is 21.2 Å². The molecule has 0 aliphatic carbocycles. The largest absolute Gasteiger partial charge is 0.444 e. The Bertz CT molecular complexity index is 433. The highest BCUT2D eigenvalue weighted by Gasteiger charge is 2.17. The van der Waals surface area contributed by atoms with Gasteiger partial charge >= 0.3 is 6.09 Å². The highest BCUT2D eigenvalue weighted by molar-refractivity contribution is 5.67. The predicted molar refractivity (Wildman–Crippen MR) is 79.5 cm³/mol. The molecule has 0 saturated heterocycles. The van der Waals surface area contributed by atoms with Crippen LogP contribution in [0.25, 0.3) is 0 Å². The molecule has 1 N–H and O–H groups in total. The second-order valence-electron chi connectivity index (χ2n) is 6.63. The number of nitrogens with zero attached hydrogens (tertiary/aromatic N) is 2. The Kier molecular flexibility index (Phi) is 5.60. The molecule has 1 heterocycles. The average Bonchev–Trinajstić information content (AvgIpc) is 2.70. The van der Waals surface area contributed by atoms with Crippen molar-refractivity contribution < 1.29 is 9.53 Å². The van der Waals surface area contributed by atoms with E-state index >= 15 is 0 Å². The zero-order chi connectivity index (χ0) is 15.3. The van der Waals surface area contributed by atoms with Crippen LogP contribution in [0, 0.1) is 5.92 Å². The van der Waals surface area contributed by atoms with E-state index in [-0.39, 0.29) is 0 Å². The number of aromatic nitrogens is 2. The molecule has 0 aliphatic heterocycles. The lowest BCUT2D eigenvalue weighted by atomic mass is 10.1. The van der Waals surface area contributed by atoms with Crippen molar-refractivity contribution >= 4 is 6.09 Å². The Morgan fingerprint density at radius 1 is 1.40 bits per heavy atom. The third-order valence-corrected chi connectivity index (χ3v) is 2.85. The zero-order valence-electron chi connectivity index (χ0n) is 13.4. The Balaban J connectivity index is 2.57. The van der Waals surface area contributed by atoms with Crippen molar-refractivity contribution in [2.45, 2.75) is 66.2 Å². The lowest BCUT2D eigenvalue weighted by Crippen LogP contribution is -2.32. The Hall–Kier alpha value is -1.52. The fraction of sp³-hybridized carbons (Fsp3) is 0.733. The van der Waals surface area contributed by atoms with Gasteiger partial charge in [0.2, 0.25) is 0 Å². The summed E-state index contributed by atoms with van der Waals surface area (Å²) in [5.74, 6) is 0.624. The quantitative estimate of drug-likeness (QED) is 0.898. The molecular weight excluding hydrogens is 254 g/mol. The SMILES string of the molecule is CC(C)CC(C)n1cncc1CNC(=O)OC(C)(C)C. The van der Waals surface area contributed by atoms with Crippen LogP contribution in [0.15, 0.2) is 12.5 Å². The number of imidazole rings is 1. The monoisotopic (exact) mass is 281 g/mol. The van der Waals surface area contributed by atoms with Gasteiger partial charge in [-0.15, -0.1) is 0 Å².